The zero-order chi connectivity index (χ0) is 32.3. The summed E-state index contributed by atoms with van der Waals surface area (Å²) in [6.45, 7) is 2.18. The van der Waals surface area contributed by atoms with E-state index in [9.17, 15) is 24.6 Å². The number of benzene rings is 2. The number of carbonyl (C=O) groups excluding carboxylic acids is 3. The predicted molar refractivity (Wildman–Crippen MR) is 178 cm³/mol. The summed E-state index contributed by atoms with van der Waals surface area (Å²) >= 11 is 1.14. The molecule has 1 saturated carbocycles. The highest BCUT2D eigenvalue weighted by atomic mass is 32.1. The lowest BCUT2D eigenvalue weighted by Gasteiger charge is -2.34. The summed E-state index contributed by atoms with van der Waals surface area (Å²) in [4.78, 5) is 42.2. The highest BCUT2D eigenvalue weighted by molar-refractivity contribution is 7.18. The molecule has 0 bridgehead atoms. The molecule has 5 N–H and O–H groups in total. The third kappa shape index (κ3) is 10.2. The molecule has 2 fully saturated rings. The molecule has 5 rings (SSSR count). The van der Waals surface area contributed by atoms with Crippen LogP contribution in [0.25, 0.3) is 0 Å². The first-order chi connectivity index (χ1) is 22.3. The van der Waals surface area contributed by atoms with E-state index in [0.717, 1.165) is 62.0 Å². The molecule has 2 atom stereocenters. The fourth-order valence-corrected chi connectivity index (χ4v) is 7.01. The number of hydrogen-bond donors (Lipinski definition) is 5. The summed E-state index contributed by atoms with van der Waals surface area (Å²) in [7, 11) is 0. The third-order valence-corrected chi connectivity index (χ3v) is 9.49. The lowest BCUT2D eigenvalue weighted by Crippen LogP contribution is -2.54. The number of rotatable bonds is 10. The minimum atomic E-state index is -0.910. The first-order valence-electron chi connectivity index (χ1n) is 16.3. The van der Waals surface area contributed by atoms with Crippen LogP contribution in [-0.2, 0) is 22.5 Å². The minimum Gasteiger partial charge on any atom is -0.508 e. The van der Waals surface area contributed by atoms with Gasteiger partial charge in [0.05, 0.1) is 5.00 Å². The van der Waals surface area contributed by atoms with Crippen LogP contribution in [0.5, 0.6) is 11.5 Å². The molecule has 11 heteroatoms. The van der Waals surface area contributed by atoms with Crippen LogP contribution in [0.3, 0.4) is 0 Å². The van der Waals surface area contributed by atoms with E-state index in [1.165, 1.54) is 19.3 Å². The van der Waals surface area contributed by atoms with Gasteiger partial charge < -0.3 is 25.6 Å². The second kappa shape index (κ2) is 16.5. The fourth-order valence-electron chi connectivity index (χ4n) is 6.23. The normalized spacial score (nSPS) is 18.5. The molecule has 10 nitrogen and oxygen atoms in total. The average molecular weight is 649 g/mol. The fraction of sp³-hybridized carbons (Fsp3) is 0.457. The number of urea groups is 1. The van der Waals surface area contributed by atoms with Gasteiger partial charge in [0, 0.05) is 25.6 Å². The number of aromatic hydroxyl groups is 2. The maximum Gasteiger partial charge on any atom is 0.348 e. The van der Waals surface area contributed by atoms with Crippen molar-refractivity contribution in [3.63, 3.8) is 0 Å². The molecule has 246 valence electrons. The lowest BCUT2D eigenvalue weighted by atomic mass is 9.98. The molecule has 1 aliphatic carbocycles. The van der Waals surface area contributed by atoms with E-state index in [4.69, 9.17) is 4.74 Å². The number of carbonyl (C=O) groups is 3. The van der Waals surface area contributed by atoms with E-state index < -0.39 is 12.1 Å². The smallest absolute Gasteiger partial charge is 0.348 e. The number of ether oxygens (including phenoxy) is 1. The van der Waals surface area contributed by atoms with Crippen molar-refractivity contribution in [2.24, 2.45) is 0 Å². The van der Waals surface area contributed by atoms with Crippen LogP contribution in [0, 0.1) is 0 Å². The Morgan fingerprint density at radius 3 is 2.30 bits per heavy atom. The zero-order valence-corrected chi connectivity index (χ0v) is 26.9. The quantitative estimate of drug-likeness (QED) is 0.171. The van der Waals surface area contributed by atoms with Gasteiger partial charge in [-0.3, -0.25) is 15.0 Å². The minimum absolute atomic E-state index is 0.0747. The summed E-state index contributed by atoms with van der Waals surface area (Å²) < 4.78 is 5.78. The van der Waals surface area contributed by atoms with Gasteiger partial charge in [-0.05, 0) is 92.6 Å². The second-order valence-electron chi connectivity index (χ2n) is 12.3. The highest BCUT2D eigenvalue weighted by Gasteiger charge is 2.27. The van der Waals surface area contributed by atoms with Crippen LogP contribution in [0.2, 0.25) is 0 Å². The van der Waals surface area contributed by atoms with Gasteiger partial charge in [-0.15, -0.1) is 11.3 Å². The van der Waals surface area contributed by atoms with E-state index in [1.54, 1.807) is 48.5 Å². The van der Waals surface area contributed by atoms with Crippen molar-refractivity contribution in [1.82, 2.24) is 15.5 Å². The first-order valence-corrected chi connectivity index (χ1v) is 17.1. The Hall–Kier alpha value is -4.09. The van der Waals surface area contributed by atoms with Crippen LogP contribution >= 0.6 is 11.3 Å². The van der Waals surface area contributed by atoms with Gasteiger partial charge in [-0.2, -0.15) is 0 Å². The van der Waals surface area contributed by atoms with Gasteiger partial charge in [0.25, 0.3) is 0 Å². The van der Waals surface area contributed by atoms with E-state index in [-0.39, 0.29) is 41.9 Å². The van der Waals surface area contributed by atoms with Crippen molar-refractivity contribution in [2.75, 3.05) is 18.4 Å². The molecule has 3 amide bonds. The number of piperidine rings is 1. The number of anilines is 1. The molecule has 46 heavy (non-hydrogen) atoms. The summed E-state index contributed by atoms with van der Waals surface area (Å²) in [5.41, 5.74) is 1.70. The number of phenolic OH excluding ortho intramolecular Hbond substituents is 2. The van der Waals surface area contributed by atoms with Crippen molar-refractivity contribution >= 4 is 34.2 Å². The molecular weight excluding hydrogens is 604 g/mol. The number of nitrogens with zero attached hydrogens (tertiary/aromatic N) is 1. The molecule has 1 saturated heterocycles. The van der Waals surface area contributed by atoms with Crippen LogP contribution < -0.4 is 16.0 Å². The Morgan fingerprint density at radius 2 is 1.57 bits per heavy atom. The Labute approximate surface area is 274 Å². The Morgan fingerprint density at radius 1 is 0.870 bits per heavy atom. The number of amides is 3. The molecule has 2 heterocycles. The van der Waals surface area contributed by atoms with Crippen molar-refractivity contribution < 1.29 is 29.3 Å². The summed E-state index contributed by atoms with van der Waals surface area (Å²) in [6, 6.07) is 15.5. The maximum atomic E-state index is 13.6. The molecule has 1 aromatic heterocycles. The number of nitrogens with one attached hydrogen (secondary N) is 3. The van der Waals surface area contributed by atoms with E-state index >= 15 is 0 Å². The summed E-state index contributed by atoms with van der Waals surface area (Å²) in [5, 5.41) is 29.0. The van der Waals surface area contributed by atoms with Crippen molar-refractivity contribution in [2.45, 2.75) is 88.9 Å². The van der Waals surface area contributed by atoms with E-state index in [2.05, 4.69) is 20.9 Å². The molecule has 2 aromatic carbocycles. The maximum absolute atomic E-state index is 13.6. The largest absolute Gasteiger partial charge is 0.508 e. The van der Waals surface area contributed by atoms with Gasteiger partial charge >= 0.3 is 12.0 Å². The standard InChI is InChI=1S/C35H44N4O6S/c40-27-12-6-9-24(19-27)21-30(33(42)36-26-11-8-18-39(23-26)22-25-10-7-13-28(41)20-25)37-35(44)38-32-17-16-31(46-32)34(43)45-29-14-4-2-1-3-5-15-29/h6-7,9-10,12-13,16-17,19-20,26,29-30,40-41H,1-5,8,11,14-15,18,21-23H2,(H,36,42)(H2,37,38,44)/t26-,30-/m0/s1. The van der Waals surface area contributed by atoms with Crippen LogP contribution in [0.15, 0.2) is 60.7 Å². The van der Waals surface area contributed by atoms with Crippen molar-refractivity contribution in [3.8, 4) is 11.5 Å². The molecular formula is C35H44N4O6S. The van der Waals surface area contributed by atoms with Crippen molar-refractivity contribution in [3.05, 3.63) is 76.7 Å². The average Bonchev–Trinajstić information content (AvgIpc) is 3.47. The highest BCUT2D eigenvalue weighted by Crippen LogP contribution is 2.26. The lowest BCUT2D eigenvalue weighted by molar-refractivity contribution is -0.124. The van der Waals surface area contributed by atoms with E-state index in [0.29, 0.717) is 28.5 Å². The SMILES string of the molecule is O=C(Nc1ccc(C(=O)OC2CCCCCCC2)s1)N[C@@H](Cc1cccc(O)c1)C(=O)N[C@H]1CCCN(Cc2cccc(O)c2)C1. The molecule has 3 aromatic rings. The summed E-state index contributed by atoms with van der Waals surface area (Å²) in [5.74, 6) is -0.399. The van der Waals surface area contributed by atoms with Gasteiger partial charge in [0.15, 0.2) is 0 Å². The van der Waals surface area contributed by atoms with Crippen LogP contribution in [0.4, 0.5) is 9.80 Å². The number of likely N-dealkylation sites (tertiary alicyclic amines) is 1. The third-order valence-electron chi connectivity index (χ3n) is 8.51. The monoisotopic (exact) mass is 648 g/mol. The molecule has 2 aliphatic rings. The van der Waals surface area contributed by atoms with E-state index in [1.807, 2.05) is 12.1 Å². The summed E-state index contributed by atoms with van der Waals surface area (Å²) in [6.07, 6.45) is 9.26. The van der Waals surface area contributed by atoms with Crippen LogP contribution in [0.1, 0.15) is 78.6 Å². The predicted octanol–water partition coefficient (Wildman–Crippen LogP) is 5.94. The van der Waals surface area contributed by atoms with Gasteiger partial charge in [-0.1, -0.05) is 43.5 Å². The molecule has 1 aliphatic heterocycles. The molecule has 0 radical (unpaired) electrons. The molecule has 0 unspecified atom stereocenters. The second-order valence-corrected chi connectivity index (χ2v) is 13.4. The Balaban J connectivity index is 1.18. The number of esters is 1. The number of thiophene rings is 1. The molecule has 0 spiro atoms. The van der Waals surface area contributed by atoms with Crippen LogP contribution in [-0.4, -0.2) is 64.3 Å². The topological polar surface area (TPSA) is 140 Å². The Kier molecular flexibility index (Phi) is 11.9. The first kappa shape index (κ1) is 33.3. The number of hydrogen-bond acceptors (Lipinski definition) is 8. The van der Waals surface area contributed by atoms with Gasteiger partial charge in [0.1, 0.15) is 28.5 Å². The van der Waals surface area contributed by atoms with Gasteiger partial charge in [0.2, 0.25) is 5.91 Å². The van der Waals surface area contributed by atoms with Gasteiger partial charge in [-0.25, -0.2) is 9.59 Å². The number of phenols is 2. The van der Waals surface area contributed by atoms with Crippen molar-refractivity contribution in [1.29, 1.82) is 0 Å². The Bertz CT molecular complexity index is 1470. The zero-order valence-electron chi connectivity index (χ0n) is 26.1.